The van der Waals surface area contributed by atoms with E-state index in [1.165, 1.54) is 17.9 Å². The van der Waals surface area contributed by atoms with Crippen LogP contribution in [0.3, 0.4) is 0 Å². The van der Waals surface area contributed by atoms with Gasteiger partial charge in [-0.2, -0.15) is 0 Å². The molecule has 1 aliphatic heterocycles. The van der Waals surface area contributed by atoms with E-state index in [1.807, 2.05) is 0 Å². The minimum atomic E-state index is -0.665. The van der Waals surface area contributed by atoms with Gasteiger partial charge in [0.2, 0.25) is 0 Å². The summed E-state index contributed by atoms with van der Waals surface area (Å²) in [5.74, 6) is 12.7. The first kappa shape index (κ1) is 8.19. The Bertz CT molecular complexity index is 199. The van der Waals surface area contributed by atoms with Crippen LogP contribution in [0.15, 0.2) is 0 Å². The van der Waals surface area contributed by atoms with E-state index in [0.717, 1.165) is 11.8 Å². The second kappa shape index (κ2) is 2.61. The fourth-order valence-electron chi connectivity index (χ4n) is 1.53. The van der Waals surface area contributed by atoms with Gasteiger partial charge in [0.05, 0.1) is 0 Å². The van der Waals surface area contributed by atoms with E-state index in [-0.39, 0.29) is 0 Å². The number of rotatable bonds is 0. The Labute approximate surface area is 65.1 Å². The molecule has 2 atom stereocenters. The van der Waals surface area contributed by atoms with Crippen LogP contribution in [-0.4, -0.2) is 23.2 Å². The zero-order valence-corrected chi connectivity index (χ0v) is 7.91. The first-order valence-electron chi connectivity index (χ1n) is 3.96. The molecular weight excluding hydrogens is 140 g/mol. The maximum atomic E-state index is 4.19. The Morgan fingerprint density at radius 2 is 1.80 bits per heavy atom. The summed E-state index contributed by atoms with van der Waals surface area (Å²) in [6.07, 6.45) is 1.35. The summed E-state index contributed by atoms with van der Waals surface area (Å²) in [5.41, 5.74) is 0. The maximum absolute atomic E-state index is 4.19. The van der Waals surface area contributed by atoms with E-state index in [1.54, 1.807) is 0 Å². The first-order chi connectivity index (χ1) is 4.51. The molecule has 0 amide bonds. The summed E-state index contributed by atoms with van der Waals surface area (Å²) in [5, 5.41) is 0. The summed E-state index contributed by atoms with van der Waals surface area (Å²) in [6.45, 7) is 4.68. The topological polar surface area (TPSA) is 0 Å². The SMILES string of the molecule is C=S1(=C)CC[C@H](C)[C@H](C)C1. The standard InChI is InChI=1S/C9H18S/c1-8-5-6-10(3,4)7-9(8)2/h8-9H,3-7H2,1-2H3/t8-,9+/m0/s1. The molecule has 0 nitrogen and oxygen atoms in total. The smallest absolute Gasteiger partial charge is 0.0141 e. The van der Waals surface area contributed by atoms with Gasteiger partial charge < -0.3 is 0 Å². The quantitative estimate of drug-likeness (QED) is 0.475. The summed E-state index contributed by atoms with van der Waals surface area (Å²) < 4.78 is 0. The van der Waals surface area contributed by atoms with Gasteiger partial charge in [-0.15, -0.1) is 0 Å². The van der Waals surface area contributed by atoms with Crippen molar-refractivity contribution in [2.24, 2.45) is 11.8 Å². The van der Waals surface area contributed by atoms with Crippen LogP contribution in [0.5, 0.6) is 0 Å². The minimum Gasteiger partial charge on any atom is -0.214 e. The highest BCUT2D eigenvalue weighted by molar-refractivity contribution is 8.27. The maximum Gasteiger partial charge on any atom is -0.0141 e. The molecule has 1 rings (SSSR count). The molecule has 0 spiro atoms. The van der Waals surface area contributed by atoms with Gasteiger partial charge in [-0.3, -0.25) is 0 Å². The van der Waals surface area contributed by atoms with E-state index in [2.05, 4.69) is 25.6 Å². The Balaban J connectivity index is 2.66. The second-order valence-corrected chi connectivity index (χ2v) is 7.03. The first-order valence-corrected chi connectivity index (χ1v) is 6.27. The van der Waals surface area contributed by atoms with Crippen LogP contribution in [0.4, 0.5) is 0 Å². The lowest BCUT2D eigenvalue weighted by molar-refractivity contribution is 0.405. The average Bonchev–Trinajstić information content (AvgIpc) is 1.79. The van der Waals surface area contributed by atoms with E-state index in [9.17, 15) is 0 Å². The molecule has 0 saturated carbocycles. The molecule has 1 aliphatic rings. The molecule has 0 aromatic carbocycles. The van der Waals surface area contributed by atoms with Crippen molar-refractivity contribution in [3.8, 4) is 0 Å². The molecule has 1 saturated heterocycles. The van der Waals surface area contributed by atoms with Crippen molar-refractivity contribution in [1.29, 1.82) is 0 Å². The Morgan fingerprint density at radius 3 is 2.20 bits per heavy atom. The Kier molecular flexibility index (Phi) is 2.14. The third-order valence-corrected chi connectivity index (χ3v) is 4.93. The predicted octanol–water partition coefficient (Wildman–Crippen LogP) is 2.33. The molecule has 0 aromatic heterocycles. The van der Waals surface area contributed by atoms with E-state index >= 15 is 0 Å². The molecule has 0 radical (unpaired) electrons. The number of hydrogen-bond acceptors (Lipinski definition) is 0. The Morgan fingerprint density at radius 1 is 1.20 bits per heavy atom. The molecule has 0 N–H and O–H groups in total. The molecule has 1 heteroatoms. The van der Waals surface area contributed by atoms with Crippen LogP contribution >= 0.6 is 9.21 Å². The van der Waals surface area contributed by atoms with Gasteiger partial charge in [0.1, 0.15) is 0 Å². The average molecular weight is 158 g/mol. The minimum absolute atomic E-state index is 0.665. The monoisotopic (exact) mass is 158 g/mol. The fourth-order valence-corrected chi connectivity index (χ4v) is 4.01. The van der Waals surface area contributed by atoms with Crippen LogP contribution in [0.25, 0.3) is 0 Å². The third kappa shape index (κ3) is 1.79. The largest absolute Gasteiger partial charge is 0.214 e. The van der Waals surface area contributed by atoms with Crippen molar-refractivity contribution in [3.63, 3.8) is 0 Å². The normalized spacial score (nSPS) is 39.4. The van der Waals surface area contributed by atoms with Gasteiger partial charge in [-0.05, 0) is 29.8 Å². The van der Waals surface area contributed by atoms with Crippen LogP contribution in [0.2, 0.25) is 0 Å². The van der Waals surface area contributed by atoms with Crippen LogP contribution in [0.1, 0.15) is 20.3 Å². The van der Waals surface area contributed by atoms with Crippen molar-refractivity contribution in [1.82, 2.24) is 0 Å². The fraction of sp³-hybridized carbons (Fsp3) is 0.778. The van der Waals surface area contributed by atoms with Crippen molar-refractivity contribution in [3.05, 3.63) is 0 Å². The summed E-state index contributed by atoms with van der Waals surface area (Å²) >= 11 is 0. The summed E-state index contributed by atoms with van der Waals surface area (Å²) in [6, 6.07) is 0. The van der Waals surface area contributed by atoms with Crippen molar-refractivity contribution in [2.45, 2.75) is 20.3 Å². The van der Waals surface area contributed by atoms with Crippen LogP contribution < -0.4 is 0 Å². The highest BCUT2D eigenvalue weighted by Gasteiger charge is 2.19. The van der Waals surface area contributed by atoms with Crippen molar-refractivity contribution < 1.29 is 0 Å². The third-order valence-electron chi connectivity index (χ3n) is 2.59. The molecule has 0 unspecified atom stereocenters. The predicted molar refractivity (Wildman–Crippen MR) is 54.5 cm³/mol. The molecule has 0 bridgehead atoms. The molecule has 1 heterocycles. The van der Waals surface area contributed by atoms with E-state index in [0.29, 0.717) is 0 Å². The molecule has 0 aromatic rings. The highest BCUT2D eigenvalue weighted by atomic mass is 32.2. The van der Waals surface area contributed by atoms with Crippen LogP contribution in [0, 0.1) is 11.8 Å². The Hall–Kier alpha value is 0.0900. The second-order valence-electron chi connectivity index (χ2n) is 3.84. The molecular formula is C9H18S. The summed E-state index contributed by atoms with van der Waals surface area (Å²) in [4.78, 5) is 0. The lowest BCUT2D eigenvalue weighted by atomic mass is 9.95. The van der Waals surface area contributed by atoms with Crippen molar-refractivity contribution in [2.75, 3.05) is 11.5 Å². The molecule has 1 fully saturated rings. The van der Waals surface area contributed by atoms with Gasteiger partial charge in [-0.25, -0.2) is 9.21 Å². The molecule has 0 aliphatic carbocycles. The highest BCUT2D eigenvalue weighted by Crippen LogP contribution is 2.35. The van der Waals surface area contributed by atoms with Gasteiger partial charge in [0.15, 0.2) is 0 Å². The van der Waals surface area contributed by atoms with Gasteiger partial charge >= 0.3 is 0 Å². The lowest BCUT2D eigenvalue weighted by Gasteiger charge is -2.31. The van der Waals surface area contributed by atoms with Crippen LogP contribution in [-0.2, 0) is 0 Å². The lowest BCUT2D eigenvalue weighted by Crippen LogP contribution is -2.20. The molecule has 60 valence electrons. The van der Waals surface area contributed by atoms with Gasteiger partial charge in [0.25, 0.3) is 0 Å². The number of hydrogen-bond donors (Lipinski definition) is 0. The molecule has 10 heavy (non-hydrogen) atoms. The summed E-state index contributed by atoms with van der Waals surface area (Å²) in [7, 11) is -0.665. The van der Waals surface area contributed by atoms with E-state index in [4.69, 9.17) is 0 Å². The van der Waals surface area contributed by atoms with E-state index < -0.39 is 9.21 Å². The van der Waals surface area contributed by atoms with Gasteiger partial charge in [0, 0.05) is 0 Å². The zero-order valence-electron chi connectivity index (χ0n) is 7.10. The van der Waals surface area contributed by atoms with Gasteiger partial charge in [-0.1, -0.05) is 25.6 Å². The van der Waals surface area contributed by atoms with Crippen molar-refractivity contribution >= 4 is 20.9 Å². The zero-order chi connectivity index (χ0) is 7.78.